The Hall–Kier alpha value is -3.33. The van der Waals surface area contributed by atoms with Gasteiger partial charge in [0.25, 0.3) is 15.9 Å². The van der Waals surface area contributed by atoms with Gasteiger partial charge < -0.3 is 10.6 Å². The number of halogens is 2. The number of sulfonamides is 1. The first-order chi connectivity index (χ1) is 16.6. The predicted molar refractivity (Wildman–Crippen MR) is 140 cm³/mol. The van der Waals surface area contributed by atoms with Gasteiger partial charge in [-0.1, -0.05) is 59.1 Å². The van der Waals surface area contributed by atoms with Crippen LogP contribution in [-0.4, -0.2) is 33.3 Å². The molecule has 2 N–H and O–H groups in total. The molecule has 0 saturated heterocycles. The number of para-hydroxylation sites is 1. The highest BCUT2D eigenvalue weighted by atomic mass is 35.5. The van der Waals surface area contributed by atoms with Crippen LogP contribution in [0.2, 0.25) is 10.0 Å². The summed E-state index contributed by atoms with van der Waals surface area (Å²) in [5, 5.41) is 5.66. The van der Waals surface area contributed by atoms with Gasteiger partial charge in [0, 0.05) is 6.54 Å². The lowest BCUT2D eigenvalue weighted by Crippen LogP contribution is -2.38. The van der Waals surface area contributed by atoms with Crippen molar-refractivity contribution < 1.29 is 18.0 Å². The van der Waals surface area contributed by atoms with Gasteiger partial charge in [0.15, 0.2) is 0 Å². The topological polar surface area (TPSA) is 95.6 Å². The fourth-order valence-corrected chi connectivity index (χ4v) is 4.87. The number of nitrogens with zero attached hydrogens (tertiary/aromatic N) is 1. The summed E-state index contributed by atoms with van der Waals surface area (Å²) in [4.78, 5) is 25.5. The molecular weight excluding hydrogens is 509 g/mol. The van der Waals surface area contributed by atoms with Gasteiger partial charge in [0.1, 0.15) is 6.54 Å². The number of carbonyl (C=O) groups is 2. The van der Waals surface area contributed by atoms with Gasteiger partial charge in [0.05, 0.1) is 31.9 Å². The van der Waals surface area contributed by atoms with Crippen molar-refractivity contribution in [1.29, 1.82) is 0 Å². The number of anilines is 2. The summed E-state index contributed by atoms with van der Waals surface area (Å²) in [5.74, 6) is -1.06. The van der Waals surface area contributed by atoms with Crippen LogP contribution in [0.15, 0.2) is 84.3 Å². The zero-order valence-corrected chi connectivity index (χ0v) is 21.1. The second kappa shape index (κ2) is 11.4. The van der Waals surface area contributed by atoms with Crippen molar-refractivity contribution in [3.8, 4) is 0 Å². The van der Waals surface area contributed by atoms with E-state index in [9.17, 15) is 18.0 Å². The summed E-state index contributed by atoms with van der Waals surface area (Å²) in [5.41, 5.74) is 1.51. The third-order valence-electron chi connectivity index (χ3n) is 4.94. The smallest absolute Gasteiger partial charge is 0.264 e. The number of nitrogens with one attached hydrogen (secondary N) is 2. The van der Waals surface area contributed by atoms with Crippen LogP contribution >= 0.6 is 23.2 Å². The first-order valence-corrected chi connectivity index (χ1v) is 12.7. The maximum Gasteiger partial charge on any atom is 0.264 e. The summed E-state index contributed by atoms with van der Waals surface area (Å²) in [6, 6.07) is 17.0. The summed E-state index contributed by atoms with van der Waals surface area (Å²) in [7, 11) is -4.15. The van der Waals surface area contributed by atoms with Gasteiger partial charge in [0.2, 0.25) is 5.91 Å². The maximum absolute atomic E-state index is 13.5. The third-order valence-corrected chi connectivity index (χ3v) is 7.47. The Labute approximate surface area is 214 Å². The van der Waals surface area contributed by atoms with Gasteiger partial charge in [-0.3, -0.25) is 13.9 Å². The third kappa shape index (κ3) is 6.42. The summed E-state index contributed by atoms with van der Waals surface area (Å²) >= 11 is 12.1. The van der Waals surface area contributed by atoms with Gasteiger partial charge in [-0.05, 0) is 49.4 Å². The van der Waals surface area contributed by atoms with Crippen molar-refractivity contribution >= 4 is 56.4 Å². The number of aryl methyl sites for hydroxylation is 1. The van der Waals surface area contributed by atoms with Crippen LogP contribution in [0.1, 0.15) is 15.9 Å². The van der Waals surface area contributed by atoms with Crippen molar-refractivity contribution in [2.45, 2.75) is 11.8 Å². The zero-order valence-electron chi connectivity index (χ0n) is 18.8. The molecule has 10 heteroatoms. The average Bonchev–Trinajstić information content (AvgIpc) is 2.83. The SMILES string of the molecule is C=CCNC(=O)c1ccccc1NC(=O)CN(c1ccc(Cl)c(Cl)c1)S(=O)(=O)c1ccc(C)cc1. The molecule has 0 unspecified atom stereocenters. The standard InChI is InChI=1S/C25H23Cl2N3O4S/c1-3-14-28-25(32)20-6-4-5-7-23(20)29-24(31)16-30(18-10-13-21(26)22(27)15-18)35(33,34)19-11-8-17(2)9-12-19/h3-13,15H,1,14,16H2,2H3,(H,28,32)(H,29,31). The number of hydrogen-bond donors (Lipinski definition) is 2. The molecule has 0 saturated carbocycles. The Morgan fingerprint density at radius 3 is 2.34 bits per heavy atom. The van der Waals surface area contributed by atoms with Crippen LogP contribution in [0, 0.1) is 6.92 Å². The van der Waals surface area contributed by atoms with Crippen molar-refractivity contribution in [2.75, 3.05) is 22.7 Å². The lowest BCUT2D eigenvalue weighted by molar-refractivity contribution is -0.114. The number of amides is 2. The molecule has 3 rings (SSSR count). The molecule has 0 spiro atoms. The minimum atomic E-state index is -4.15. The summed E-state index contributed by atoms with van der Waals surface area (Å²) in [6.45, 7) is 5.07. The minimum absolute atomic E-state index is 0.00572. The molecule has 182 valence electrons. The first kappa shape index (κ1) is 26.3. The van der Waals surface area contributed by atoms with Crippen molar-refractivity contribution in [3.63, 3.8) is 0 Å². The highest BCUT2D eigenvalue weighted by Crippen LogP contribution is 2.30. The molecule has 0 aromatic heterocycles. The molecule has 0 fully saturated rings. The van der Waals surface area contributed by atoms with Crippen LogP contribution in [-0.2, 0) is 14.8 Å². The molecule has 0 bridgehead atoms. The van der Waals surface area contributed by atoms with E-state index in [1.165, 1.54) is 36.4 Å². The molecule has 0 atom stereocenters. The second-order valence-electron chi connectivity index (χ2n) is 7.52. The highest BCUT2D eigenvalue weighted by molar-refractivity contribution is 7.92. The van der Waals surface area contributed by atoms with E-state index in [-0.39, 0.29) is 38.4 Å². The van der Waals surface area contributed by atoms with Crippen LogP contribution in [0.5, 0.6) is 0 Å². The van der Waals surface area contributed by atoms with E-state index in [1.54, 1.807) is 36.4 Å². The Morgan fingerprint density at radius 1 is 1.00 bits per heavy atom. The molecule has 2 amide bonds. The summed E-state index contributed by atoms with van der Waals surface area (Å²) < 4.78 is 28.0. The van der Waals surface area contributed by atoms with Crippen LogP contribution < -0.4 is 14.9 Å². The van der Waals surface area contributed by atoms with Crippen LogP contribution in [0.25, 0.3) is 0 Å². The molecule has 0 aliphatic carbocycles. The van der Waals surface area contributed by atoms with E-state index in [4.69, 9.17) is 23.2 Å². The normalized spacial score (nSPS) is 10.9. The second-order valence-corrected chi connectivity index (χ2v) is 10.2. The van der Waals surface area contributed by atoms with Gasteiger partial charge in [-0.2, -0.15) is 0 Å². The van der Waals surface area contributed by atoms with Crippen molar-refractivity contribution in [1.82, 2.24) is 5.32 Å². The van der Waals surface area contributed by atoms with E-state index in [1.807, 2.05) is 6.92 Å². The van der Waals surface area contributed by atoms with E-state index in [0.717, 1.165) is 9.87 Å². The molecule has 0 aliphatic heterocycles. The van der Waals surface area contributed by atoms with Crippen molar-refractivity contribution in [3.05, 3.63) is 101 Å². The molecular formula is C25H23Cl2N3O4S. The van der Waals surface area contributed by atoms with Crippen LogP contribution in [0.3, 0.4) is 0 Å². The fraction of sp³-hybridized carbons (Fsp3) is 0.120. The van der Waals surface area contributed by atoms with Gasteiger partial charge >= 0.3 is 0 Å². The molecule has 35 heavy (non-hydrogen) atoms. The van der Waals surface area contributed by atoms with Gasteiger partial charge in [-0.15, -0.1) is 6.58 Å². The Kier molecular flexibility index (Phi) is 8.56. The molecule has 7 nitrogen and oxygen atoms in total. The average molecular weight is 532 g/mol. The van der Waals surface area contributed by atoms with Crippen molar-refractivity contribution in [2.24, 2.45) is 0 Å². The lowest BCUT2D eigenvalue weighted by Gasteiger charge is -2.24. The lowest BCUT2D eigenvalue weighted by atomic mass is 10.1. The quantitative estimate of drug-likeness (QED) is 0.377. The largest absolute Gasteiger partial charge is 0.349 e. The number of carbonyl (C=O) groups excluding carboxylic acids is 2. The number of benzene rings is 3. The summed E-state index contributed by atoms with van der Waals surface area (Å²) in [6.07, 6.45) is 1.53. The van der Waals surface area contributed by atoms with Gasteiger partial charge in [-0.25, -0.2) is 8.42 Å². The first-order valence-electron chi connectivity index (χ1n) is 10.5. The highest BCUT2D eigenvalue weighted by Gasteiger charge is 2.28. The van der Waals surface area contributed by atoms with E-state index in [2.05, 4.69) is 17.2 Å². The molecule has 0 heterocycles. The van der Waals surface area contributed by atoms with E-state index >= 15 is 0 Å². The molecule has 0 radical (unpaired) electrons. The number of rotatable bonds is 9. The Morgan fingerprint density at radius 2 is 1.69 bits per heavy atom. The Bertz CT molecular complexity index is 1360. The predicted octanol–water partition coefficient (Wildman–Crippen LogP) is 5.05. The van der Waals surface area contributed by atoms with Crippen LogP contribution in [0.4, 0.5) is 11.4 Å². The van der Waals surface area contributed by atoms with E-state index in [0.29, 0.717) is 0 Å². The molecule has 3 aromatic rings. The maximum atomic E-state index is 13.5. The molecule has 3 aromatic carbocycles. The number of hydrogen-bond acceptors (Lipinski definition) is 4. The molecule has 0 aliphatic rings. The monoisotopic (exact) mass is 531 g/mol. The van der Waals surface area contributed by atoms with E-state index < -0.39 is 28.4 Å². The Balaban J connectivity index is 1.95. The zero-order chi connectivity index (χ0) is 25.6. The minimum Gasteiger partial charge on any atom is -0.349 e. The fourth-order valence-electron chi connectivity index (χ4n) is 3.16.